The van der Waals surface area contributed by atoms with Crippen LogP contribution in [0.4, 0.5) is 0 Å². The maximum Gasteiger partial charge on any atom is 0.264 e. The van der Waals surface area contributed by atoms with E-state index in [1.165, 1.54) is 0 Å². The molecule has 0 aliphatic heterocycles. The first-order valence-electron chi connectivity index (χ1n) is 2.66. The van der Waals surface area contributed by atoms with Gasteiger partial charge in [-0.05, 0) is 12.8 Å². The molecule has 2 N–H and O–H groups in total. The molecule has 0 aromatic rings. The highest BCUT2D eigenvalue weighted by molar-refractivity contribution is 7.85. The van der Waals surface area contributed by atoms with Gasteiger partial charge in [-0.2, -0.15) is 8.42 Å². The Morgan fingerprint density at radius 2 is 1.89 bits per heavy atom. The van der Waals surface area contributed by atoms with E-state index in [0.29, 0.717) is 12.8 Å². The monoisotopic (exact) mass is 152 g/mol. The molecule has 1 radical (unpaired) electrons. The molecule has 0 aromatic heterocycles. The van der Waals surface area contributed by atoms with Gasteiger partial charge in [0.1, 0.15) is 0 Å². The number of hydrogen-bond donors (Lipinski definition) is 1. The summed E-state index contributed by atoms with van der Waals surface area (Å²) in [6.07, 6.45) is 0.905. The second kappa shape index (κ2) is 3.81. The summed E-state index contributed by atoms with van der Waals surface area (Å²) in [6, 6.07) is 0. The lowest BCUT2D eigenvalue weighted by Crippen LogP contribution is -2.04. The molecule has 0 rings (SSSR count). The smallest absolute Gasteiger partial charge is 0.264 e. The van der Waals surface area contributed by atoms with E-state index in [-0.39, 0.29) is 12.3 Å². The molecular weight excluding hydrogens is 142 g/mol. The van der Waals surface area contributed by atoms with Gasteiger partial charge in [0.25, 0.3) is 10.1 Å². The van der Waals surface area contributed by atoms with Gasteiger partial charge in [-0.25, -0.2) is 0 Å². The topological polar surface area (TPSA) is 78.2 Å². The zero-order valence-corrected chi connectivity index (χ0v) is 5.82. The molecule has 5 heteroatoms. The predicted octanol–water partition coefficient (Wildman–Crippen LogP) is -0.0627. The van der Waals surface area contributed by atoms with E-state index in [4.69, 9.17) is 10.3 Å². The van der Waals surface area contributed by atoms with Crippen LogP contribution >= 0.6 is 0 Å². The molecule has 0 fully saturated rings. The summed E-state index contributed by atoms with van der Waals surface area (Å²) >= 11 is 0. The molecule has 0 aliphatic rings. The molecule has 9 heavy (non-hydrogen) atoms. The Labute approximate surface area is 54.8 Å². The van der Waals surface area contributed by atoms with Gasteiger partial charge in [-0.15, -0.1) is 0 Å². The van der Waals surface area contributed by atoms with Crippen molar-refractivity contribution in [2.24, 2.45) is 0 Å². The fraction of sp³-hybridized carbons (Fsp3) is 1.00. The standard InChI is InChI=1S/C4H10NO3S/c5-3-1-2-4-9(6,7)8/h5H,1-4H2,(H,6,7,8). The first-order valence-corrected chi connectivity index (χ1v) is 4.27. The number of nitrogens with one attached hydrogen (secondary N) is 1. The average molecular weight is 152 g/mol. The zero-order valence-electron chi connectivity index (χ0n) is 5.00. The highest BCUT2D eigenvalue weighted by Gasteiger charge is 2.01. The second-order valence-electron chi connectivity index (χ2n) is 1.74. The van der Waals surface area contributed by atoms with E-state index in [0.717, 1.165) is 0 Å². The van der Waals surface area contributed by atoms with Crippen molar-refractivity contribution in [2.75, 3.05) is 12.3 Å². The highest BCUT2D eigenvalue weighted by atomic mass is 32.2. The quantitative estimate of drug-likeness (QED) is 0.452. The normalized spacial score (nSPS) is 11.8. The Hall–Kier alpha value is -0.130. The van der Waals surface area contributed by atoms with Crippen molar-refractivity contribution in [3.05, 3.63) is 0 Å². The maximum atomic E-state index is 10.0. The summed E-state index contributed by atoms with van der Waals surface area (Å²) in [6.45, 7) is 0.218. The summed E-state index contributed by atoms with van der Waals surface area (Å²) in [5, 5.41) is 0. The summed E-state index contributed by atoms with van der Waals surface area (Å²) in [5.74, 6) is -0.216. The van der Waals surface area contributed by atoms with E-state index in [1.54, 1.807) is 0 Å². The van der Waals surface area contributed by atoms with Crippen LogP contribution in [0.3, 0.4) is 0 Å². The van der Waals surface area contributed by atoms with Crippen LogP contribution < -0.4 is 5.73 Å². The van der Waals surface area contributed by atoms with Gasteiger partial charge in [0.2, 0.25) is 0 Å². The third-order valence-electron chi connectivity index (χ3n) is 0.829. The Morgan fingerprint density at radius 3 is 2.22 bits per heavy atom. The first-order chi connectivity index (χ1) is 4.06. The second-order valence-corrected chi connectivity index (χ2v) is 3.32. The predicted molar refractivity (Wildman–Crippen MR) is 33.6 cm³/mol. The van der Waals surface area contributed by atoms with Crippen molar-refractivity contribution in [1.82, 2.24) is 5.73 Å². The van der Waals surface area contributed by atoms with Crippen LogP contribution in [-0.2, 0) is 10.1 Å². The van der Waals surface area contributed by atoms with Gasteiger partial charge in [0.05, 0.1) is 5.75 Å². The minimum Gasteiger partial charge on any atom is -0.286 e. The molecule has 4 nitrogen and oxygen atoms in total. The minimum atomic E-state index is -3.78. The molecule has 0 saturated carbocycles. The Balaban J connectivity index is 3.30. The lowest BCUT2D eigenvalue weighted by Gasteiger charge is -1.92. The third kappa shape index (κ3) is 7.87. The molecule has 0 aliphatic carbocycles. The lowest BCUT2D eigenvalue weighted by atomic mass is 10.3. The number of unbranched alkanes of at least 4 members (excludes halogenated alkanes) is 1. The SMILES string of the molecule is [NH]CCCCS(=O)(=O)O. The Kier molecular flexibility index (Phi) is 3.76. The largest absolute Gasteiger partial charge is 0.286 e. The van der Waals surface area contributed by atoms with E-state index in [9.17, 15) is 8.42 Å². The van der Waals surface area contributed by atoms with E-state index in [1.807, 2.05) is 0 Å². The van der Waals surface area contributed by atoms with Crippen LogP contribution in [-0.4, -0.2) is 25.3 Å². The average Bonchev–Trinajstić information content (AvgIpc) is 1.63. The molecule has 0 aromatic carbocycles. The van der Waals surface area contributed by atoms with Crippen molar-refractivity contribution in [1.29, 1.82) is 0 Å². The van der Waals surface area contributed by atoms with Crippen LogP contribution in [0.15, 0.2) is 0 Å². The van der Waals surface area contributed by atoms with Gasteiger partial charge >= 0.3 is 0 Å². The van der Waals surface area contributed by atoms with Gasteiger partial charge in [0.15, 0.2) is 0 Å². The molecule has 0 amide bonds. The summed E-state index contributed by atoms with van der Waals surface area (Å²) in [7, 11) is -3.78. The van der Waals surface area contributed by atoms with Gasteiger partial charge in [-0.1, -0.05) is 0 Å². The molecular formula is C4H10NO3S. The molecule has 0 heterocycles. The van der Waals surface area contributed by atoms with Gasteiger partial charge in [-0.3, -0.25) is 10.3 Å². The van der Waals surface area contributed by atoms with Crippen molar-refractivity contribution in [3.63, 3.8) is 0 Å². The highest BCUT2D eigenvalue weighted by Crippen LogP contribution is 1.91. The van der Waals surface area contributed by atoms with E-state index in [2.05, 4.69) is 0 Å². The molecule has 0 atom stereocenters. The van der Waals surface area contributed by atoms with Crippen LogP contribution in [0, 0.1) is 0 Å². The Morgan fingerprint density at radius 1 is 1.33 bits per heavy atom. The zero-order chi connectivity index (χ0) is 7.33. The van der Waals surface area contributed by atoms with Crippen LogP contribution in [0.2, 0.25) is 0 Å². The molecule has 0 bridgehead atoms. The first kappa shape index (κ1) is 8.87. The molecule has 0 unspecified atom stereocenters. The van der Waals surface area contributed by atoms with Gasteiger partial charge < -0.3 is 0 Å². The fourth-order valence-electron chi connectivity index (χ4n) is 0.409. The minimum absolute atomic E-state index is 0.216. The lowest BCUT2D eigenvalue weighted by molar-refractivity contribution is 0.480. The summed E-state index contributed by atoms with van der Waals surface area (Å²) < 4.78 is 28.2. The maximum absolute atomic E-state index is 10.0. The van der Waals surface area contributed by atoms with Crippen molar-refractivity contribution in [3.8, 4) is 0 Å². The summed E-state index contributed by atoms with van der Waals surface area (Å²) in [4.78, 5) is 0. The van der Waals surface area contributed by atoms with E-state index >= 15 is 0 Å². The molecule has 0 saturated heterocycles. The van der Waals surface area contributed by atoms with Gasteiger partial charge in [0, 0.05) is 6.54 Å². The number of rotatable bonds is 4. The van der Waals surface area contributed by atoms with Crippen LogP contribution in [0.5, 0.6) is 0 Å². The third-order valence-corrected chi connectivity index (χ3v) is 1.63. The van der Waals surface area contributed by atoms with Crippen LogP contribution in [0.25, 0.3) is 0 Å². The molecule has 55 valence electrons. The Bertz CT molecular complexity index is 151. The molecule has 0 spiro atoms. The van der Waals surface area contributed by atoms with Crippen molar-refractivity contribution < 1.29 is 13.0 Å². The summed E-state index contributed by atoms with van der Waals surface area (Å²) in [5.41, 5.74) is 6.63. The van der Waals surface area contributed by atoms with Crippen molar-refractivity contribution in [2.45, 2.75) is 12.8 Å². The van der Waals surface area contributed by atoms with Crippen LogP contribution in [0.1, 0.15) is 12.8 Å². The van der Waals surface area contributed by atoms with Crippen molar-refractivity contribution >= 4 is 10.1 Å². The fourth-order valence-corrected chi connectivity index (χ4v) is 0.978. The van der Waals surface area contributed by atoms with E-state index < -0.39 is 10.1 Å². The number of hydrogen-bond acceptors (Lipinski definition) is 2.